The summed E-state index contributed by atoms with van der Waals surface area (Å²) >= 11 is 0. The van der Waals surface area contributed by atoms with Crippen LogP contribution in [0.5, 0.6) is 11.5 Å². The lowest BCUT2D eigenvalue weighted by atomic mass is 10.1. The van der Waals surface area contributed by atoms with E-state index in [9.17, 15) is 4.79 Å². The molecule has 1 amide bonds. The molecule has 6 heteroatoms. The first-order valence-corrected chi connectivity index (χ1v) is 7.63. The lowest BCUT2D eigenvalue weighted by molar-refractivity contribution is -0.118. The van der Waals surface area contributed by atoms with Crippen LogP contribution in [0.1, 0.15) is 12.5 Å². The summed E-state index contributed by atoms with van der Waals surface area (Å²) in [6, 6.07) is 3.80. The molecule has 3 rings (SSSR count). The Bertz CT molecular complexity index is 555. The molecular formula is C16H22N2O4. The van der Waals surface area contributed by atoms with Gasteiger partial charge in [-0.2, -0.15) is 0 Å². The maximum atomic E-state index is 12.2. The number of nitrogens with zero attached hydrogens (tertiary/aromatic N) is 1. The number of benzene rings is 1. The Morgan fingerprint density at radius 2 is 2.18 bits per heavy atom. The Labute approximate surface area is 130 Å². The molecule has 120 valence electrons. The van der Waals surface area contributed by atoms with E-state index in [0.717, 1.165) is 30.8 Å². The van der Waals surface area contributed by atoms with Crippen LogP contribution in [0.15, 0.2) is 12.1 Å². The highest BCUT2D eigenvalue weighted by molar-refractivity contribution is 5.94. The van der Waals surface area contributed by atoms with Gasteiger partial charge in [0.05, 0.1) is 32.6 Å². The van der Waals surface area contributed by atoms with Crippen LogP contribution in [-0.2, 0) is 16.0 Å². The fraction of sp³-hybridized carbons (Fsp3) is 0.562. The van der Waals surface area contributed by atoms with Gasteiger partial charge in [-0.1, -0.05) is 0 Å². The normalized spacial score (nSPS) is 21.1. The number of amides is 1. The standard InChI is InChI=1S/C16H22N2O4/c1-11-7-12-8-15(20-2)13(9-14(12)22-11)17-16(19)10-18-3-5-21-6-4-18/h8-9,11H,3-7,10H2,1-2H3,(H,17,19)/t11-/m1/s1. The van der Waals surface area contributed by atoms with Crippen LogP contribution >= 0.6 is 0 Å². The van der Waals surface area contributed by atoms with Gasteiger partial charge in [0.15, 0.2) is 0 Å². The molecule has 1 atom stereocenters. The number of hydrogen-bond donors (Lipinski definition) is 1. The van der Waals surface area contributed by atoms with Crippen LogP contribution in [0.25, 0.3) is 0 Å². The number of fused-ring (bicyclic) bond motifs is 1. The van der Waals surface area contributed by atoms with Gasteiger partial charge in [0.25, 0.3) is 0 Å². The smallest absolute Gasteiger partial charge is 0.238 e. The quantitative estimate of drug-likeness (QED) is 0.908. The Kier molecular flexibility index (Phi) is 4.49. The maximum Gasteiger partial charge on any atom is 0.238 e. The first-order chi connectivity index (χ1) is 10.7. The van der Waals surface area contributed by atoms with Crippen molar-refractivity contribution in [1.82, 2.24) is 4.90 Å². The van der Waals surface area contributed by atoms with Crippen molar-refractivity contribution in [3.63, 3.8) is 0 Å². The average molecular weight is 306 g/mol. The Balaban J connectivity index is 1.68. The topological polar surface area (TPSA) is 60.0 Å². The van der Waals surface area contributed by atoms with E-state index in [1.54, 1.807) is 7.11 Å². The zero-order chi connectivity index (χ0) is 15.5. The summed E-state index contributed by atoms with van der Waals surface area (Å²) in [4.78, 5) is 14.3. The molecule has 2 aliphatic heterocycles. The van der Waals surface area contributed by atoms with Crippen molar-refractivity contribution in [3.8, 4) is 11.5 Å². The second kappa shape index (κ2) is 6.54. The van der Waals surface area contributed by atoms with Crippen LogP contribution < -0.4 is 14.8 Å². The number of anilines is 1. The van der Waals surface area contributed by atoms with Gasteiger partial charge in [-0.15, -0.1) is 0 Å². The molecule has 22 heavy (non-hydrogen) atoms. The molecular weight excluding hydrogens is 284 g/mol. The maximum absolute atomic E-state index is 12.2. The van der Waals surface area contributed by atoms with Crippen molar-refractivity contribution in [2.45, 2.75) is 19.4 Å². The van der Waals surface area contributed by atoms with E-state index in [1.165, 1.54) is 0 Å². The monoisotopic (exact) mass is 306 g/mol. The Hall–Kier alpha value is -1.79. The van der Waals surface area contributed by atoms with Crippen molar-refractivity contribution < 1.29 is 19.0 Å². The fourth-order valence-electron chi connectivity index (χ4n) is 2.86. The lowest BCUT2D eigenvalue weighted by Gasteiger charge is -2.26. The van der Waals surface area contributed by atoms with Crippen molar-refractivity contribution >= 4 is 11.6 Å². The van der Waals surface area contributed by atoms with E-state index in [2.05, 4.69) is 10.2 Å². The number of nitrogens with one attached hydrogen (secondary N) is 1. The number of ether oxygens (including phenoxy) is 3. The Morgan fingerprint density at radius 1 is 1.41 bits per heavy atom. The van der Waals surface area contributed by atoms with Crippen LogP contribution in [-0.4, -0.2) is 56.9 Å². The van der Waals surface area contributed by atoms with Gasteiger partial charge in [-0.05, 0) is 13.0 Å². The molecule has 0 aliphatic carbocycles. The van der Waals surface area contributed by atoms with Crippen LogP contribution in [0.4, 0.5) is 5.69 Å². The average Bonchev–Trinajstić information content (AvgIpc) is 2.86. The van der Waals surface area contributed by atoms with Crippen molar-refractivity contribution in [2.24, 2.45) is 0 Å². The van der Waals surface area contributed by atoms with E-state index in [-0.39, 0.29) is 12.0 Å². The minimum absolute atomic E-state index is 0.0498. The molecule has 2 heterocycles. The first-order valence-electron chi connectivity index (χ1n) is 7.63. The molecule has 2 aliphatic rings. The molecule has 1 saturated heterocycles. The van der Waals surface area contributed by atoms with Gasteiger partial charge in [0, 0.05) is 31.1 Å². The minimum atomic E-state index is -0.0498. The van der Waals surface area contributed by atoms with Crippen LogP contribution in [0.2, 0.25) is 0 Å². The van der Waals surface area contributed by atoms with E-state index < -0.39 is 0 Å². The number of methoxy groups -OCH3 is 1. The largest absolute Gasteiger partial charge is 0.495 e. The molecule has 0 bridgehead atoms. The summed E-state index contributed by atoms with van der Waals surface area (Å²) in [6.45, 7) is 5.33. The molecule has 6 nitrogen and oxygen atoms in total. The van der Waals surface area contributed by atoms with E-state index in [4.69, 9.17) is 14.2 Å². The predicted molar refractivity (Wildman–Crippen MR) is 82.7 cm³/mol. The van der Waals surface area contributed by atoms with Gasteiger partial charge in [-0.25, -0.2) is 0 Å². The van der Waals surface area contributed by atoms with Crippen molar-refractivity contribution in [2.75, 3.05) is 45.3 Å². The molecule has 0 spiro atoms. The van der Waals surface area contributed by atoms with E-state index in [1.807, 2.05) is 19.1 Å². The summed E-state index contributed by atoms with van der Waals surface area (Å²) in [5, 5.41) is 2.93. The fourth-order valence-corrected chi connectivity index (χ4v) is 2.86. The SMILES string of the molecule is COc1cc2c(cc1NC(=O)CN1CCOCC1)O[C@H](C)C2. The van der Waals surface area contributed by atoms with Gasteiger partial charge >= 0.3 is 0 Å². The van der Waals surface area contributed by atoms with E-state index in [0.29, 0.717) is 31.2 Å². The predicted octanol–water partition coefficient (Wildman–Crippen LogP) is 1.29. The van der Waals surface area contributed by atoms with Crippen LogP contribution in [0, 0.1) is 0 Å². The number of morpholine rings is 1. The highest BCUT2D eigenvalue weighted by Gasteiger charge is 2.23. The molecule has 1 fully saturated rings. The summed E-state index contributed by atoms with van der Waals surface area (Å²) in [5.74, 6) is 1.45. The molecule has 0 saturated carbocycles. The van der Waals surface area contributed by atoms with Crippen molar-refractivity contribution in [3.05, 3.63) is 17.7 Å². The zero-order valence-corrected chi connectivity index (χ0v) is 13.1. The van der Waals surface area contributed by atoms with Gasteiger partial charge < -0.3 is 19.5 Å². The zero-order valence-electron chi connectivity index (χ0n) is 13.1. The third-order valence-corrected chi connectivity index (χ3v) is 3.96. The van der Waals surface area contributed by atoms with Gasteiger partial charge in [-0.3, -0.25) is 9.69 Å². The second-order valence-corrected chi connectivity index (χ2v) is 5.73. The van der Waals surface area contributed by atoms with Gasteiger partial charge in [0.1, 0.15) is 17.6 Å². The molecule has 0 radical (unpaired) electrons. The lowest BCUT2D eigenvalue weighted by Crippen LogP contribution is -2.41. The minimum Gasteiger partial charge on any atom is -0.495 e. The number of carbonyl (C=O) groups excluding carboxylic acids is 1. The molecule has 1 N–H and O–H groups in total. The van der Waals surface area contributed by atoms with Crippen molar-refractivity contribution in [1.29, 1.82) is 0 Å². The highest BCUT2D eigenvalue weighted by Crippen LogP contribution is 2.37. The summed E-state index contributed by atoms with van der Waals surface area (Å²) in [6.07, 6.45) is 1.03. The number of rotatable bonds is 4. The third-order valence-electron chi connectivity index (χ3n) is 3.96. The highest BCUT2D eigenvalue weighted by atomic mass is 16.5. The second-order valence-electron chi connectivity index (χ2n) is 5.73. The molecule has 0 unspecified atom stereocenters. The molecule has 1 aromatic rings. The van der Waals surface area contributed by atoms with Crippen LogP contribution in [0.3, 0.4) is 0 Å². The third kappa shape index (κ3) is 3.34. The first kappa shape index (κ1) is 15.1. The Morgan fingerprint density at radius 3 is 2.91 bits per heavy atom. The molecule has 0 aromatic heterocycles. The molecule has 1 aromatic carbocycles. The summed E-state index contributed by atoms with van der Waals surface area (Å²) in [5.41, 5.74) is 1.78. The summed E-state index contributed by atoms with van der Waals surface area (Å²) < 4.78 is 16.4. The summed E-state index contributed by atoms with van der Waals surface area (Å²) in [7, 11) is 1.61. The number of hydrogen-bond acceptors (Lipinski definition) is 5. The van der Waals surface area contributed by atoms with Gasteiger partial charge in [0.2, 0.25) is 5.91 Å². The van der Waals surface area contributed by atoms with E-state index >= 15 is 0 Å². The number of carbonyl (C=O) groups is 1.